The van der Waals surface area contributed by atoms with Gasteiger partial charge in [-0.3, -0.25) is 4.79 Å². The fraction of sp³-hybridized carbons (Fsp3) is 0.515. The number of fused-ring (bicyclic) bond motifs is 7. The van der Waals surface area contributed by atoms with E-state index < -0.39 is 21.7 Å². The fourth-order valence-electron chi connectivity index (χ4n) is 7.61. The second kappa shape index (κ2) is 11.0. The summed E-state index contributed by atoms with van der Waals surface area (Å²) in [7, 11) is 2.13. The van der Waals surface area contributed by atoms with Crippen molar-refractivity contribution in [2.75, 3.05) is 41.4 Å². The molecule has 1 aromatic heterocycles. The lowest BCUT2D eigenvalue weighted by Gasteiger charge is -2.39. The maximum atomic E-state index is 13.5. The van der Waals surface area contributed by atoms with Crippen molar-refractivity contribution < 1.29 is 27.5 Å². The van der Waals surface area contributed by atoms with Gasteiger partial charge in [0.05, 0.1) is 37.5 Å². The second-order valence-corrected chi connectivity index (χ2v) is 15.1. The summed E-state index contributed by atoms with van der Waals surface area (Å²) in [6, 6.07) is 11.6. The molecule has 2 aliphatic heterocycles. The average Bonchev–Trinajstić information content (AvgIpc) is 3.63. The Morgan fingerprint density at radius 3 is 2.47 bits per heavy atom. The van der Waals surface area contributed by atoms with E-state index in [-0.39, 0.29) is 23.6 Å². The molecule has 3 heterocycles. The van der Waals surface area contributed by atoms with Crippen LogP contribution in [0.5, 0.6) is 5.75 Å². The number of nitrogens with one attached hydrogen (secondary N) is 2. The molecule has 2 N–H and O–H groups in total. The van der Waals surface area contributed by atoms with Gasteiger partial charge in [-0.15, -0.1) is 0 Å². The highest BCUT2D eigenvalue weighted by Gasteiger charge is 2.59. The van der Waals surface area contributed by atoms with Crippen LogP contribution in [-0.2, 0) is 21.5 Å². The average molecular weight is 636 g/mol. The Labute approximate surface area is 264 Å². The molecule has 240 valence electrons. The quantitative estimate of drug-likeness (QED) is 0.402. The summed E-state index contributed by atoms with van der Waals surface area (Å²) >= 11 is 0. The van der Waals surface area contributed by atoms with E-state index in [1.54, 1.807) is 25.2 Å². The van der Waals surface area contributed by atoms with Crippen LogP contribution in [0.25, 0.3) is 22.2 Å². The number of carbonyl (C=O) groups is 2. The molecule has 45 heavy (non-hydrogen) atoms. The van der Waals surface area contributed by atoms with Crippen molar-refractivity contribution in [1.82, 2.24) is 23.8 Å². The lowest BCUT2D eigenvalue weighted by molar-refractivity contribution is -0.00856. The van der Waals surface area contributed by atoms with Crippen molar-refractivity contribution >= 4 is 33.1 Å². The number of carbonyl (C=O) groups excluding carboxylic acids is 2. The third-order valence-corrected chi connectivity index (χ3v) is 11.7. The van der Waals surface area contributed by atoms with Crippen LogP contribution in [0, 0.1) is 0 Å². The van der Waals surface area contributed by atoms with E-state index >= 15 is 0 Å². The summed E-state index contributed by atoms with van der Waals surface area (Å²) in [5, 5.41) is 4.48. The Morgan fingerprint density at radius 1 is 1.02 bits per heavy atom. The van der Waals surface area contributed by atoms with Crippen LogP contribution < -0.4 is 14.8 Å². The maximum absolute atomic E-state index is 13.5. The van der Waals surface area contributed by atoms with Gasteiger partial charge in [-0.25, -0.2) is 9.52 Å². The van der Waals surface area contributed by atoms with Crippen molar-refractivity contribution in [3.63, 3.8) is 0 Å². The van der Waals surface area contributed by atoms with Crippen molar-refractivity contribution in [3.05, 3.63) is 53.1 Å². The molecular formula is C33H41N5O6S. The van der Waals surface area contributed by atoms with Crippen LogP contribution >= 0.6 is 0 Å². The Hall–Kier alpha value is -3.61. The molecule has 11 nitrogen and oxygen atoms in total. The number of hydrogen-bond acceptors (Lipinski definition) is 6. The summed E-state index contributed by atoms with van der Waals surface area (Å²) in [6.07, 6.45) is 6.55. The largest absolute Gasteiger partial charge is 0.497 e. The maximum Gasteiger partial charge on any atom is 0.318 e. The second-order valence-electron chi connectivity index (χ2n) is 13.2. The molecule has 2 atom stereocenters. The fourth-order valence-corrected chi connectivity index (χ4v) is 8.14. The molecule has 3 amide bonds. The Morgan fingerprint density at radius 2 is 1.78 bits per heavy atom. The van der Waals surface area contributed by atoms with Crippen molar-refractivity contribution in [3.8, 4) is 17.0 Å². The number of likely N-dealkylation sites (tertiary alicyclic amines) is 1. The van der Waals surface area contributed by atoms with E-state index in [2.05, 4.69) is 26.7 Å². The zero-order valence-electron chi connectivity index (χ0n) is 26.3. The number of amides is 3. The molecule has 0 bridgehead atoms. The molecule has 7 rings (SSSR count). The van der Waals surface area contributed by atoms with Crippen molar-refractivity contribution in [2.45, 2.75) is 68.5 Å². The van der Waals surface area contributed by atoms with Crippen LogP contribution in [0.3, 0.4) is 0 Å². The zero-order valence-corrected chi connectivity index (χ0v) is 27.1. The molecule has 1 saturated heterocycles. The molecule has 3 fully saturated rings. The Kier molecular flexibility index (Phi) is 7.37. The number of ether oxygens (including phenoxy) is 2. The first kappa shape index (κ1) is 30.1. The SMILES string of the molecule is COc1ccc2c(c1)C1CC1(NC(=O)N1CC(OC)C1)Cn1c-2c(C2CCCCC2)c2ccc(C(=O)NS(=O)(=O)N(C)C)cc21. The summed E-state index contributed by atoms with van der Waals surface area (Å²) in [4.78, 5) is 28.5. The van der Waals surface area contributed by atoms with Gasteiger partial charge >= 0.3 is 16.2 Å². The van der Waals surface area contributed by atoms with Gasteiger partial charge in [-0.2, -0.15) is 12.7 Å². The molecule has 2 aliphatic carbocycles. The Balaban J connectivity index is 1.39. The molecule has 2 saturated carbocycles. The normalized spacial score (nSPS) is 23.0. The Bertz CT molecular complexity index is 1790. The number of aromatic nitrogens is 1. The van der Waals surface area contributed by atoms with Crippen LogP contribution in [0.4, 0.5) is 4.79 Å². The molecule has 2 aromatic carbocycles. The van der Waals surface area contributed by atoms with Crippen molar-refractivity contribution in [2.24, 2.45) is 0 Å². The van der Waals surface area contributed by atoms with Gasteiger partial charge < -0.3 is 24.3 Å². The first-order valence-electron chi connectivity index (χ1n) is 15.7. The molecule has 0 radical (unpaired) electrons. The van der Waals surface area contributed by atoms with E-state index in [1.807, 2.05) is 18.2 Å². The summed E-state index contributed by atoms with van der Waals surface area (Å²) < 4.78 is 41.5. The lowest BCUT2D eigenvalue weighted by Crippen LogP contribution is -2.59. The highest BCUT2D eigenvalue weighted by Crippen LogP contribution is 2.60. The van der Waals surface area contributed by atoms with Crippen LogP contribution in [-0.4, -0.2) is 87.2 Å². The van der Waals surface area contributed by atoms with Gasteiger partial charge in [0.15, 0.2) is 0 Å². The minimum absolute atomic E-state index is 0.0568. The van der Waals surface area contributed by atoms with Gasteiger partial charge in [0.2, 0.25) is 0 Å². The third kappa shape index (κ3) is 5.07. The van der Waals surface area contributed by atoms with Crippen molar-refractivity contribution in [1.29, 1.82) is 0 Å². The number of methoxy groups -OCH3 is 2. The third-order valence-electron chi connectivity index (χ3n) is 10.3. The highest BCUT2D eigenvalue weighted by molar-refractivity contribution is 7.87. The number of benzene rings is 2. The standard InChI is InChI=1S/C33H41N5O6S/c1-36(2)45(41,42)35-31(39)21-10-12-25-28(14-21)38-19-33(34-32(40)37-17-23(18-37)44-4)16-27(33)26-15-22(43-3)11-13-24(26)30(38)29(25)20-8-6-5-7-9-20/h10-15,20,23,27H,5-9,16-19H2,1-4H3,(H,34,40)(H,35,39). The van der Waals surface area contributed by atoms with Crippen LogP contribution in [0.1, 0.15) is 71.8 Å². The molecule has 2 unspecified atom stereocenters. The lowest BCUT2D eigenvalue weighted by atomic mass is 9.81. The highest BCUT2D eigenvalue weighted by atomic mass is 32.2. The van der Waals surface area contributed by atoms with Gasteiger partial charge in [0.25, 0.3) is 5.91 Å². The minimum Gasteiger partial charge on any atom is -0.497 e. The van der Waals surface area contributed by atoms with E-state index in [4.69, 9.17) is 9.47 Å². The summed E-state index contributed by atoms with van der Waals surface area (Å²) in [5.41, 5.74) is 5.28. The molecule has 4 aliphatic rings. The predicted octanol–water partition coefficient (Wildman–Crippen LogP) is 4.18. The summed E-state index contributed by atoms with van der Waals surface area (Å²) in [6.45, 7) is 1.65. The van der Waals surface area contributed by atoms with E-state index in [0.717, 1.165) is 69.9 Å². The molecule has 12 heteroatoms. The number of hydrogen-bond donors (Lipinski definition) is 2. The zero-order chi connectivity index (χ0) is 31.7. The van der Waals surface area contributed by atoms with Crippen LogP contribution in [0.15, 0.2) is 36.4 Å². The van der Waals surface area contributed by atoms with E-state index in [0.29, 0.717) is 25.6 Å². The van der Waals surface area contributed by atoms with Gasteiger partial charge in [-0.05, 0) is 66.6 Å². The predicted molar refractivity (Wildman–Crippen MR) is 171 cm³/mol. The summed E-state index contributed by atoms with van der Waals surface area (Å²) in [5.74, 6) is 0.540. The first-order chi connectivity index (χ1) is 21.5. The van der Waals surface area contributed by atoms with Gasteiger partial charge in [-0.1, -0.05) is 25.3 Å². The molecular weight excluding hydrogens is 594 g/mol. The topological polar surface area (TPSA) is 122 Å². The van der Waals surface area contributed by atoms with E-state index in [9.17, 15) is 18.0 Å². The van der Waals surface area contributed by atoms with E-state index in [1.165, 1.54) is 26.1 Å². The minimum atomic E-state index is -3.96. The van der Waals surface area contributed by atoms with Gasteiger partial charge in [0.1, 0.15) is 5.75 Å². The molecule has 0 spiro atoms. The van der Waals surface area contributed by atoms with Crippen LogP contribution in [0.2, 0.25) is 0 Å². The number of nitrogens with zero attached hydrogens (tertiary/aromatic N) is 3. The number of rotatable bonds is 7. The first-order valence-corrected chi connectivity index (χ1v) is 17.2. The monoisotopic (exact) mass is 635 g/mol. The smallest absolute Gasteiger partial charge is 0.318 e. The van der Waals surface area contributed by atoms with Gasteiger partial charge in [0, 0.05) is 55.7 Å². The number of urea groups is 1. The molecule has 3 aromatic rings.